The number of hydrogen-bond acceptors (Lipinski definition) is 5. The van der Waals surface area contributed by atoms with Crippen LogP contribution in [0.25, 0.3) is 0 Å². The summed E-state index contributed by atoms with van der Waals surface area (Å²) in [5, 5.41) is 14.1. The molecule has 0 saturated carbocycles. The van der Waals surface area contributed by atoms with E-state index in [-0.39, 0.29) is 10.6 Å². The molecular formula is C6H7N3O3. The smallest absolute Gasteiger partial charge is 0.270 e. The third kappa shape index (κ3) is 0.919. The highest BCUT2D eigenvalue weighted by Crippen LogP contribution is 2.24. The molecule has 1 N–H and O–H groups in total. The molecule has 0 aromatic heterocycles. The van der Waals surface area contributed by atoms with E-state index in [1.165, 1.54) is 0 Å². The second kappa shape index (κ2) is 2.47. The first-order valence-corrected chi connectivity index (χ1v) is 3.66. The Morgan fingerprint density at radius 1 is 1.58 bits per heavy atom. The van der Waals surface area contributed by atoms with Crippen molar-refractivity contribution in [3.05, 3.63) is 21.5 Å². The molecule has 64 valence electrons. The van der Waals surface area contributed by atoms with Gasteiger partial charge in [-0.1, -0.05) is 5.16 Å². The number of oxime groups is 1. The predicted octanol–water partition coefficient (Wildman–Crippen LogP) is 0.549. The van der Waals surface area contributed by atoms with Crippen molar-refractivity contribution in [1.82, 2.24) is 5.48 Å². The monoisotopic (exact) mass is 169 g/mol. The van der Waals surface area contributed by atoms with E-state index in [1.54, 1.807) is 0 Å². The summed E-state index contributed by atoms with van der Waals surface area (Å²) in [6.45, 7) is 0. The van der Waals surface area contributed by atoms with Gasteiger partial charge in [-0.25, -0.2) is 0 Å². The van der Waals surface area contributed by atoms with Gasteiger partial charge in [0.05, 0.1) is 4.92 Å². The fraction of sp³-hybridized carbons (Fsp3) is 0.500. The van der Waals surface area contributed by atoms with Crippen LogP contribution in [-0.4, -0.2) is 10.6 Å². The van der Waals surface area contributed by atoms with Gasteiger partial charge < -0.3 is 0 Å². The van der Waals surface area contributed by atoms with Gasteiger partial charge in [-0.2, -0.15) is 5.48 Å². The molecular weight excluding hydrogens is 162 g/mol. The van der Waals surface area contributed by atoms with Crippen LogP contribution >= 0.6 is 0 Å². The van der Waals surface area contributed by atoms with Crippen molar-refractivity contribution in [2.45, 2.75) is 19.3 Å². The summed E-state index contributed by atoms with van der Waals surface area (Å²) in [5.74, 6) is 0. The number of fused-ring (bicyclic) bond motifs is 1. The normalized spacial score (nSPS) is 20.8. The molecule has 6 nitrogen and oxygen atoms in total. The van der Waals surface area contributed by atoms with Crippen LogP contribution in [0.4, 0.5) is 0 Å². The highest BCUT2D eigenvalue weighted by atomic mass is 16.8. The summed E-state index contributed by atoms with van der Waals surface area (Å²) in [6.07, 6.45) is 2.00. The molecule has 12 heavy (non-hydrogen) atoms. The van der Waals surface area contributed by atoms with E-state index in [0.29, 0.717) is 17.8 Å². The Labute approximate surface area is 68.0 Å². The van der Waals surface area contributed by atoms with Gasteiger partial charge in [-0.3, -0.25) is 15.1 Å². The SMILES string of the molecule is O=[N+]([O-])C1=C2NON=C2CCC1. The number of nitro groups is 1. The Bertz CT molecular complexity index is 294. The third-order valence-corrected chi connectivity index (χ3v) is 1.93. The summed E-state index contributed by atoms with van der Waals surface area (Å²) < 4.78 is 0. The van der Waals surface area contributed by atoms with Gasteiger partial charge in [0, 0.05) is 6.42 Å². The minimum absolute atomic E-state index is 0.178. The molecule has 2 rings (SSSR count). The number of allylic oxidation sites excluding steroid dienone is 2. The second-order valence-corrected chi connectivity index (χ2v) is 2.66. The summed E-state index contributed by atoms with van der Waals surface area (Å²) in [4.78, 5) is 14.7. The first-order chi connectivity index (χ1) is 5.79. The van der Waals surface area contributed by atoms with Crippen molar-refractivity contribution in [2.75, 3.05) is 0 Å². The summed E-state index contributed by atoms with van der Waals surface area (Å²) in [5.41, 5.74) is 3.71. The number of rotatable bonds is 1. The lowest BCUT2D eigenvalue weighted by atomic mass is 10.0. The maximum absolute atomic E-state index is 10.5. The van der Waals surface area contributed by atoms with Crippen molar-refractivity contribution in [3.63, 3.8) is 0 Å². The van der Waals surface area contributed by atoms with Crippen LogP contribution in [0.1, 0.15) is 19.3 Å². The van der Waals surface area contributed by atoms with Crippen LogP contribution in [0.15, 0.2) is 16.5 Å². The maximum atomic E-state index is 10.5. The van der Waals surface area contributed by atoms with E-state index >= 15 is 0 Å². The lowest BCUT2D eigenvalue weighted by Crippen LogP contribution is -2.20. The van der Waals surface area contributed by atoms with E-state index in [1.807, 2.05) is 0 Å². The molecule has 2 aliphatic rings. The van der Waals surface area contributed by atoms with Gasteiger partial charge in [0.25, 0.3) is 5.70 Å². The topological polar surface area (TPSA) is 76.8 Å². The lowest BCUT2D eigenvalue weighted by Gasteiger charge is -2.08. The predicted molar refractivity (Wildman–Crippen MR) is 39.5 cm³/mol. The van der Waals surface area contributed by atoms with E-state index in [2.05, 4.69) is 15.6 Å². The minimum Gasteiger partial charge on any atom is -0.270 e. The number of nitrogens with zero attached hydrogens (tertiary/aromatic N) is 2. The van der Waals surface area contributed by atoms with Crippen LogP contribution in [0.5, 0.6) is 0 Å². The van der Waals surface area contributed by atoms with Gasteiger partial charge in [-0.15, -0.1) is 0 Å². The first kappa shape index (κ1) is 7.08. The highest BCUT2D eigenvalue weighted by molar-refractivity contribution is 6.00. The summed E-state index contributed by atoms with van der Waals surface area (Å²) >= 11 is 0. The number of nitrogens with one attached hydrogen (secondary N) is 1. The lowest BCUT2D eigenvalue weighted by molar-refractivity contribution is -0.429. The number of hydrogen-bond donors (Lipinski definition) is 1. The molecule has 6 heteroatoms. The van der Waals surface area contributed by atoms with Gasteiger partial charge in [-0.05, 0) is 12.8 Å². The molecule has 1 aliphatic heterocycles. The van der Waals surface area contributed by atoms with Crippen molar-refractivity contribution >= 4 is 5.71 Å². The Balaban J connectivity index is 2.41. The van der Waals surface area contributed by atoms with E-state index < -0.39 is 0 Å². The molecule has 1 aliphatic carbocycles. The fourth-order valence-electron chi connectivity index (χ4n) is 1.36. The van der Waals surface area contributed by atoms with E-state index in [4.69, 9.17) is 0 Å². The molecule has 0 atom stereocenters. The number of hydroxylamine groups is 1. The van der Waals surface area contributed by atoms with Crippen molar-refractivity contribution in [3.8, 4) is 0 Å². The average molecular weight is 169 g/mol. The van der Waals surface area contributed by atoms with Gasteiger partial charge in [0.2, 0.25) is 0 Å². The molecule has 0 fully saturated rings. The van der Waals surface area contributed by atoms with E-state index in [0.717, 1.165) is 12.8 Å². The highest BCUT2D eigenvalue weighted by Gasteiger charge is 2.31. The molecule has 1 heterocycles. The molecule has 0 spiro atoms. The Morgan fingerprint density at radius 2 is 2.42 bits per heavy atom. The fourth-order valence-corrected chi connectivity index (χ4v) is 1.36. The van der Waals surface area contributed by atoms with Crippen molar-refractivity contribution in [2.24, 2.45) is 5.16 Å². The minimum atomic E-state index is -0.383. The zero-order chi connectivity index (χ0) is 8.55. The molecule has 0 saturated heterocycles. The molecule has 0 amide bonds. The Morgan fingerprint density at radius 3 is 3.17 bits per heavy atom. The van der Waals surface area contributed by atoms with Crippen LogP contribution in [0, 0.1) is 10.1 Å². The van der Waals surface area contributed by atoms with Crippen LogP contribution in [-0.2, 0) is 4.94 Å². The largest absolute Gasteiger partial charge is 0.274 e. The molecule has 0 unspecified atom stereocenters. The standard InChI is InChI=1S/C6H7N3O3/c10-9(11)5-3-1-2-4-6(5)8-12-7-4/h8H,1-3H2. The Kier molecular flexibility index (Phi) is 1.46. The molecule has 0 radical (unpaired) electrons. The van der Waals surface area contributed by atoms with Gasteiger partial charge in [0.1, 0.15) is 5.71 Å². The molecule has 0 aromatic rings. The zero-order valence-electron chi connectivity index (χ0n) is 6.24. The quantitative estimate of drug-likeness (QED) is 0.459. The van der Waals surface area contributed by atoms with Crippen LogP contribution < -0.4 is 5.48 Å². The first-order valence-electron chi connectivity index (χ1n) is 3.66. The molecule has 0 bridgehead atoms. The maximum Gasteiger partial charge on any atom is 0.274 e. The second-order valence-electron chi connectivity index (χ2n) is 2.66. The Hall–Kier alpha value is -1.59. The van der Waals surface area contributed by atoms with Crippen LogP contribution in [0.2, 0.25) is 0 Å². The summed E-state index contributed by atoms with van der Waals surface area (Å²) in [7, 11) is 0. The molecule has 0 aromatic carbocycles. The van der Waals surface area contributed by atoms with Crippen LogP contribution in [0.3, 0.4) is 0 Å². The summed E-state index contributed by atoms with van der Waals surface area (Å²) in [6, 6.07) is 0. The van der Waals surface area contributed by atoms with Gasteiger partial charge in [0.15, 0.2) is 5.70 Å². The van der Waals surface area contributed by atoms with Crippen molar-refractivity contribution < 1.29 is 9.86 Å². The third-order valence-electron chi connectivity index (χ3n) is 1.93. The zero-order valence-corrected chi connectivity index (χ0v) is 6.24. The van der Waals surface area contributed by atoms with E-state index in [9.17, 15) is 10.1 Å². The van der Waals surface area contributed by atoms with Gasteiger partial charge >= 0.3 is 0 Å². The van der Waals surface area contributed by atoms with Crippen molar-refractivity contribution in [1.29, 1.82) is 0 Å². The average Bonchev–Trinajstić information content (AvgIpc) is 2.49.